The van der Waals surface area contributed by atoms with Crippen LogP contribution in [0.2, 0.25) is 0 Å². The second-order valence-corrected chi connectivity index (χ2v) is 7.27. The van der Waals surface area contributed by atoms with Crippen molar-refractivity contribution in [2.75, 3.05) is 18.5 Å². The summed E-state index contributed by atoms with van der Waals surface area (Å²) in [6, 6.07) is 13.6. The van der Waals surface area contributed by atoms with Crippen LogP contribution >= 0.6 is 0 Å². The number of aliphatic carboxylic acids is 1. The minimum Gasteiger partial charge on any atom is -0.482 e. The number of nitrogens with one attached hydrogen (secondary N) is 2. The van der Waals surface area contributed by atoms with Gasteiger partial charge in [0.2, 0.25) is 5.91 Å². The largest absolute Gasteiger partial charge is 0.482 e. The summed E-state index contributed by atoms with van der Waals surface area (Å²) < 4.78 is 5.06. The van der Waals surface area contributed by atoms with Crippen LogP contribution in [-0.2, 0) is 15.0 Å². The van der Waals surface area contributed by atoms with E-state index in [4.69, 9.17) is 9.84 Å². The number of amides is 2. The first-order valence-corrected chi connectivity index (χ1v) is 8.78. The lowest BCUT2D eigenvalue weighted by Gasteiger charge is -2.19. The Morgan fingerprint density at radius 3 is 2.32 bits per heavy atom. The molecular formula is C21H24N2O5. The van der Waals surface area contributed by atoms with E-state index in [1.54, 1.807) is 30.3 Å². The van der Waals surface area contributed by atoms with Gasteiger partial charge in [-0.2, -0.15) is 0 Å². The Labute approximate surface area is 163 Å². The first-order valence-electron chi connectivity index (χ1n) is 8.78. The smallest absolute Gasteiger partial charge is 0.341 e. The van der Waals surface area contributed by atoms with Crippen molar-refractivity contribution in [3.05, 3.63) is 59.7 Å². The van der Waals surface area contributed by atoms with Crippen molar-refractivity contribution >= 4 is 23.5 Å². The molecule has 0 bridgehead atoms. The molecule has 3 N–H and O–H groups in total. The average molecular weight is 384 g/mol. The van der Waals surface area contributed by atoms with Gasteiger partial charge in [-0.05, 0) is 35.2 Å². The minimum absolute atomic E-state index is 0.00237. The first-order chi connectivity index (χ1) is 13.1. The summed E-state index contributed by atoms with van der Waals surface area (Å²) in [5.74, 6) is -1.51. The molecule has 7 nitrogen and oxygen atoms in total. The number of carbonyl (C=O) groups excluding carboxylic acids is 2. The van der Waals surface area contributed by atoms with Crippen molar-refractivity contribution < 1.29 is 24.2 Å². The first kappa shape index (κ1) is 21.0. The summed E-state index contributed by atoms with van der Waals surface area (Å²) in [5, 5.41) is 13.8. The summed E-state index contributed by atoms with van der Waals surface area (Å²) in [5.41, 5.74) is 2.03. The zero-order valence-electron chi connectivity index (χ0n) is 16.1. The summed E-state index contributed by atoms with van der Waals surface area (Å²) in [6.07, 6.45) is 0. The molecule has 0 aromatic heterocycles. The second kappa shape index (κ2) is 9.03. The number of carbonyl (C=O) groups is 3. The molecule has 0 unspecified atom stereocenters. The van der Waals surface area contributed by atoms with E-state index in [1.165, 1.54) is 6.07 Å². The molecule has 2 rings (SSSR count). The third kappa shape index (κ3) is 6.42. The minimum atomic E-state index is -1.09. The third-order valence-corrected chi connectivity index (χ3v) is 3.90. The van der Waals surface area contributed by atoms with Crippen LogP contribution in [0.5, 0.6) is 5.75 Å². The SMILES string of the molecule is CC(C)(C)c1ccc(C(=O)NCC(=O)Nc2cccc(OCC(=O)O)c2)cc1. The number of carboxylic acid groups (broad SMARTS) is 1. The molecule has 2 amide bonds. The number of benzene rings is 2. The van der Waals surface area contributed by atoms with Crippen LogP contribution in [0, 0.1) is 0 Å². The molecule has 0 saturated heterocycles. The molecule has 28 heavy (non-hydrogen) atoms. The topological polar surface area (TPSA) is 105 Å². The highest BCUT2D eigenvalue weighted by Crippen LogP contribution is 2.22. The molecule has 0 spiro atoms. The van der Waals surface area contributed by atoms with E-state index >= 15 is 0 Å². The molecule has 0 aliphatic heterocycles. The van der Waals surface area contributed by atoms with Crippen molar-refractivity contribution in [1.82, 2.24) is 5.32 Å². The van der Waals surface area contributed by atoms with Gasteiger partial charge >= 0.3 is 5.97 Å². The molecule has 2 aromatic carbocycles. The molecule has 0 atom stereocenters. The van der Waals surface area contributed by atoms with E-state index in [1.807, 2.05) is 12.1 Å². The Balaban J connectivity index is 1.87. The molecule has 148 valence electrons. The Kier molecular flexibility index (Phi) is 6.76. The lowest BCUT2D eigenvalue weighted by molar-refractivity contribution is -0.139. The molecule has 0 saturated carbocycles. The van der Waals surface area contributed by atoms with Crippen molar-refractivity contribution in [1.29, 1.82) is 0 Å². The maximum absolute atomic E-state index is 12.2. The molecule has 0 aliphatic carbocycles. The van der Waals surface area contributed by atoms with Crippen molar-refractivity contribution in [2.45, 2.75) is 26.2 Å². The van der Waals surface area contributed by atoms with Gasteiger partial charge in [0.05, 0.1) is 6.54 Å². The zero-order valence-corrected chi connectivity index (χ0v) is 16.1. The summed E-state index contributed by atoms with van der Waals surface area (Å²) in [6.45, 7) is 5.61. The fraction of sp³-hybridized carbons (Fsp3) is 0.286. The number of rotatable bonds is 7. The summed E-state index contributed by atoms with van der Waals surface area (Å²) >= 11 is 0. The standard InChI is InChI=1S/C21H24N2O5/c1-21(2,3)15-9-7-14(8-10-15)20(27)22-12-18(24)23-16-5-4-6-17(11-16)28-13-19(25)26/h4-11H,12-13H2,1-3H3,(H,22,27)(H,23,24)(H,25,26). The van der Waals surface area contributed by atoms with E-state index in [-0.39, 0.29) is 17.9 Å². The second-order valence-electron chi connectivity index (χ2n) is 7.27. The van der Waals surface area contributed by atoms with Crippen molar-refractivity contribution in [3.63, 3.8) is 0 Å². The highest BCUT2D eigenvalue weighted by molar-refractivity contribution is 5.99. The molecular weight excluding hydrogens is 360 g/mol. The number of hydrogen-bond acceptors (Lipinski definition) is 4. The molecule has 7 heteroatoms. The lowest BCUT2D eigenvalue weighted by Crippen LogP contribution is -2.32. The van der Waals surface area contributed by atoms with E-state index in [0.717, 1.165) is 5.56 Å². The lowest BCUT2D eigenvalue weighted by atomic mass is 9.87. The van der Waals surface area contributed by atoms with Crippen LogP contribution in [0.25, 0.3) is 0 Å². The van der Waals surface area contributed by atoms with Gasteiger partial charge in [-0.3, -0.25) is 9.59 Å². The van der Waals surface area contributed by atoms with Crippen LogP contribution in [0.1, 0.15) is 36.7 Å². The zero-order chi connectivity index (χ0) is 20.7. The predicted molar refractivity (Wildman–Crippen MR) is 106 cm³/mol. The molecule has 0 heterocycles. The maximum atomic E-state index is 12.2. The molecule has 2 aromatic rings. The van der Waals surface area contributed by atoms with Gasteiger partial charge in [0.25, 0.3) is 5.91 Å². The van der Waals surface area contributed by atoms with Crippen molar-refractivity contribution in [3.8, 4) is 5.75 Å². The number of ether oxygens (including phenoxy) is 1. The molecule has 0 aliphatic rings. The van der Waals surface area contributed by atoms with Crippen LogP contribution < -0.4 is 15.4 Å². The maximum Gasteiger partial charge on any atom is 0.341 e. The normalized spacial score (nSPS) is 10.8. The Morgan fingerprint density at radius 1 is 1.04 bits per heavy atom. The summed E-state index contributed by atoms with van der Waals surface area (Å²) in [4.78, 5) is 34.8. The average Bonchev–Trinajstić information content (AvgIpc) is 2.64. The summed E-state index contributed by atoms with van der Waals surface area (Å²) in [7, 11) is 0. The fourth-order valence-electron chi connectivity index (χ4n) is 2.40. The fourth-order valence-corrected chi connectivity index (χ4v) is 2.40. The Bertz CT molecular complexity index is 854. The van der Waals surface area contributed by atoms with Crippen LogP contribution in [0.15, 0.2) is 48.5 Å². The van der Waals surface area contributed by atoms with Crippen LogP contribution in [-0.4, -0.2) is 36.0 Å². The predicted octanol–water partition coefficient (Wildman–Crippen LogP) is 2.82. The molecule has 0 radical (unpaired) electrons. The quantitative estimate of drug-likeness (QED) is 0.681. The van der Waals surface area contributed by atoms with Gasteiger partial charge in [0, 0.05) is 17.3 Å². The van der Waals surface area contributed by atoms with E-state index in [2.05, 4.69) is 31.4 Å². The van der Waals surface area contributed by atoms with Gasteiger partial charge in [0.1, 0.15) is 5.75 Å². The van der Waals surface area contributed by atoms with Gasteiger partial charge in [-0.15, -0.1) is 0 Å². The van der Waals surface area contributed by atoms with Gasteiger partial charge in [-0.25, -0.2) is 4.79 Å². The Morgan fingerprint density at radius 2 is 1.71 bits per heavy atom. The molecule has 0 fully saturated rings. The van der Waals surface area contributed by atoms with E-state index in [0.29, 0.717) is 17.0 Å². The van der Waals surface area contributed by atoms with Crippen LogP contribution in [0.4, 0.5) is 5.69 Å². The third-order valence-electron chi connectivity index (χ3n) is 3.90. The van der Waals surface area contributed by atoms with Crippen LogP contribution in [0.3, 0.4) is 0 Å². The van der Waals surface area contributed by atoms with Gasteiger partial charge < -0.3 is 20.5 Å². The number of hydrogen-bond donors (Lipinski definition) is 3. The number of anilines is 1. The van der Waals surface area contributed by atoms with E-state index in [9.17, 15) is 14.4 Å². The van der Waals surface area contributed by atoms with Gasteiger partial charge in [-0.1, -0.05) is 39.0 Å². The monoisotopic (exact) mass is 384 g/mol. The highest BCUT2D eigenvalue weighted by atomic mass is 16.5. The van der Waals surface area contributed by atoms with Crippen molar-refractivity contribution in [2.24, 2.45) is 0 Å². The Hall–Kier alpha value is -3.35. The highest BCUT2D eigenvalue weighted by Gasteiger charge is 2.14. The van der Waals surface area contributed by atoms with E-state index < -0.39 is 18.5 Å². The van der Waals surface area contributed by atoms with Gasteiger partial charge in [0.15, 0.2) is 6.61 Å². The number of carboxylic acids is 1.